The molecular formula is C12H21NO. The van der Waals surface area contributed by atoms with Gasteiger partial charge in [-0.3, -0.25) is 4.79 Å². The van der Waals surface area contributed by atoms with E-state index in [2.05, 4.69) is 0 Å². The van der Waals surface area contributed by atoms with Gasteiger partial charge in [-0.15, -0.1) is 0 Å². The van der Waals surface area contributed by atoms with Crippen LogP contribution in [0.2, 0.25) is 0 Å². The van der Waals surface area contributed by atoms with E-state index in [-0.39, 0.29) is 17.2 Å². The van der Waals surface area contributed by atoms with Gasteiger partial charge in [-0.1, -0.05) is 20.8 Å². The quantitative estimate of drug-likeness (QED) is 0.749. The number of carbonyl (C=O) groups excluding carboxylic acids is 1. The second-order valence-corrected chi connectivity index (χ2v) is 6.40. The Morgan fingerprint density at radius 2 is 1.93 bits per heavy atom. The van der Waals surface area contributed by atoms with Gasteiger partial charge in [-0.2, -0.15) is 0 Å². The van der Waals surface area contributed by atoms with Crippen LogP contribution in [-0.4, -0.2) is 11.8 Å². The number of ketones is 1. The standard InChI is InChI=1S/C12H21NO/c1-11(2,3)10(14)9(13)7-12-4-8(5-12)6-12/h8-9H,4-7,13H2,1-3H3/t8?,9-,12?/m0/s1. The van der Waals surface area contributed by atoms with Crippen LogP contribution in [-0.2, 0) is 4.79 Å². The minimum Gasteiger partial charge on any atom is -0.321 e. The van der Waals surface area contributed by atoms with E-state index in [4.69, 9.17) is 5.73 Å². The molecule has 0 amide bonds. The van der Waals surface area contributed by atoms with Crippen molar-refractivity contribution in [2.24, 2.45) is 22.5 Å². The van der Waals surface area contributed by atoms with Crippen molar-refractivity contribution in [3.8, 4) is 0 Å². The molecule has 0 aromatic heterocycles. The fraction of sp³-hybridized carbons (Fsp3) is 0.917. The number of Topliss-reactive ketones (excluding diaryl/α,β-unsaturated/α-hetero) is 1. The Morgan fingerprint density at radius 1 is 1.43 bits per heavy atom. The van der Waals surface area contributed by atoms with Gasteiger partial charge in [-0.25, -0.2) is 0 Å². The molecular weight excluding hydrogens is 174 g/mol. The zero-order chi connectivity index (χ0) is 10.6. The van der Waals surface area contributed by atoms with Gasteiger partial charge in [0.05, 0.1) is 6.04 Å². The van der Waals surface area contributed by atoms with Gasteiger partial charge < -0.3 is 5.73 Å². The van der Waals surface area contributed by atoms with Crippen LogP contribution >= 0.6 is 0 Å². The summed E-state index contributed by atoms with van der Waals surface area (Å²) in [4.78, 5) is 11.9. The first-order valence-corrected chi connectivity index (χ1v) is 5.62. The van der Waals surface area contributed by atoms with Crippen molar-refractivity contribution in [3.63, 3.8) is 0 Å². The molecule has 14 heavy (non-hydrogen) atoms. The molecule has 3 saturated carbocycles. The third-order valence-electron chi connectivity index (χ3n) is 3.89. The van der Waals surface area contributed by atoms with Gasteiger partial charge >= 0.3 is 0 Å². The SMILES string of the molecule is CC(C)(C)C(=O)[C@@H](N)CC12CC(C1)C2. The van der Waals surface area contributed by atoms with E-state index in [9.17, 15) is 4.79 Å². The second-order valence-electron chi connectivity index (χ2n) is 6.40. The van der Waals surface area contributed by atoms with E-state index < -0.39 is 0 Å². The van der Waals surface area contributed by atoms with E-state index in [1.165, 1.54) is 19.3 Å². The van der Waals surface area contributed by atoms with Crippen LogP contribution in [0.4, 0.5) is 0 Å². The fourth-order valence-electron chi connectivity index (χ4n) is 3.02. The maximum absolute atomic E-state index is 11.9. The molecule has 0 heterocycles. The number of rotatable bonds is 3. The van der Waals surface area contributed by atoms with Gasteiger partial charge in [0.2, 0.25) is 0 Å². The predicted octanol–water partition coefficient (Wildman–Crippen LogP) is 2.12. The molecule has 3 aliphatic rings. The third kappa shape index (κ3) is 1.50. The molecule has 0 unspecified atom stereocenters. The molecule has 0 aromatic carbocycles. The maximum atomic E-state index is 11.9. The summed E-state index contributed by atoms with van der Waals surface area (Å²) in [6.45, 7) is 5.87. The highest BCUT2D eigenvalue weighted by molar-refractivity contribution is 5.88. The van der Waals surface area contributed by atoms with Crippen molar-refractivity contribution in [3.05, 3.63) is 0 Å². The lowest BCUT2D eigenvalue weighted by Gasteiger charge is -2.63. The van der Waals surface area contributed by atoms with Crippen LogP contribution in [0.1, 0.15) is 46.5 Å². The first-order valence-electron chi connectivity index (χ1n) is 5.62. The first-order chi connectivity index (χ1) is 6.32. The van der Waals surface area contributed by atoms with Crippen LogP contribution in [0.3, 0.4) is 0 Å². The van der Waals surface area contributed by atoms with E-state index >= 15 is 0 Å². The zero-order valence-corrected chi connectivity index (χ0v) is 9.47. The lowest BCUT2D eigenvalue weighted by atomic mass is 9.42. The van der Waals surface area contributed by atoms with Crippen molar-refractivity contribution < 1.29 is 4.79 Å². The number of hydrogen-bond donors (Lipinski definition) is 1. The monoisotopic (exact) mass is 195 g/mol. The Kier molecular flexibility index (Phi) is 2.04. The highest BCUT2D eigenvalue weighted by Crippen LogP contribution is 2.66. The minimum atomic E-state index is -0.275. The number of hydrogen-bond acceptors (Lipinski definition) is 2. The molecule has 0 spiro atoms. The Bertz CT molecular complexity index is 247. The molecule has 3 aliphatic carbocycles. The van der Waals surface area contributed by atoms with Gasteiger partial charge in [0.1, 0.15) is 0 Å². The lowest BCUT2D eigenvalue weighted by molar-refractivity contribution is -0.138. The molecule has 0 aromatic rings. The maximum Gasteiger partial charge on any atom is 0.154 e. The van der Waals surface area contributed by atoms with Crippen molar-refractivity contribution >= 4 is 5.78 Å². The molecule has 0 radical (unpaired) electrons. The average molecular weight is 195 g/mol. The molecule has 0 saturated heterocycles. The highest BCUT2D eigenvalue weighted by atomic mass is 16.1. The summed E-state index contributed by atoms with van der Waals surface area (Å²) < 4.78 is 0. The van der Waals surface area contributed by atoms with Crippen molar-refractivity contribution in [1.29, 1.82) is 0 Å². The summed E-state index contributed by atoms with van der Waals surface area (Å²) in [6, 6.07) is -0.226. The largest absolute Gasteiger partial charge is 0.321 e. The van der Waals surface area contributed by atoms with Crippen LogP contribution in [0.5, 0.6) is 0 Å². The zero-order valence-electron chi connectivity index (χ0n) is 9.47. The third-order valence-corrected chi connectivity index (χ3v) is 3.89. The Morgan fingerprint density at radius 3 is 2.21 bits per heavy atom. The molecule has 3 fully saturated rings. The summed E-state index contributed by atoms with van der Waals surface area (Å²) >= 11 is 0. The predicted molar refractivity (Wildman–Crippen MR) is 56.8 cm³/mol. The summed E-state index contributed by atoms with van der Waals surface area (Å²) in [7, 11) is 0. The van der Waals surface area contributed by atoms with Gasteiger partial charge in [-0.05, 0) is 37.0 Å². The summed E-state index contributed by atoms with van der Waals surface area (Å²) in [5.41, 5.74) is 6.19. The molecule has 2 bridgehead atoms. The Labute approximate surface area is 86.2 Å². The van der Waals surface area contributed by atoms with Crippen LogP contribution < -0.4 is 5.73 Å². The van der Waals surface area contributed by atoms with Gasteiger partial charge in [0, 0.05) is 5.41 Å². The topological polar surface area (TPSA) is 43.1 Å². The number of nitrogens with two attached hydrogens (primary N) is 1. The average Bonchev–Trinajstić information content (AvgIpc) is 1.90. The molecule has 80 valence electrons. The van der Waals surface area contributed by atoms with Crippen LogP contribution in [0, 0.1) is 16.7 Å². The normalized spacial score (nSPS) is 37.0. The Hall–Kier alpha value is -0.370. The van der Waals surface area contributed by atoms with E-state index in [1.807, 2.05) is 20.8 Å². The Balaban J connectivity index is 1.89. The minimum absolute atomic E-state index is 0.224. The van der Waals surface area contributed by atoms with Gasteiger partial charge in [0.25, 0.3) is 0 Å². The molecule has 2 N–H and O–H groups in total. The fourth-order valence-corrected chi connectivity index (χ4v) is 3.02. The van der Waals surface area contributed by atoms with Crippen molar-refractivity contribution in [1.82, 2.24) is 0 Å². The molecule has 2 heteroatoms. The first kappa shape index (κ1) is 10.2. The summed E-state index contributed by atoms with van der Waals surface area (Å²) in [5.74, 6) is 1.20. The second kappa shape index (κ2) is 2.82. The van der Waals surface area contributed by atoms with E-state index in [0.717, 1.165) is 12.3 Å². The molecule has 1 atom stereocenters. The van der Waals surface area contributed by atoms with Crippen LogP contribution in [0.25, 0.3) is 0 Å². The molecule has 0 aliphatic heterocycles. The number of carbonyl (C=O) groups is 1. The highest BCUT2D eigenvalue weighted by Gasteiger charge is 2.57. The lowest BCUT2D eigenvalue weighted by Crippen LogP contribution is -2.56. The van der Waals surface area contributed by atoms with Crippen LogP contribution in [0.15, 0.2) is 0 Å². The summed E-state index contributed by atoms with van der Waals surface area (Å²) in [5, 5.41) is 0. The van der Waals surface area contributed by atoms with Gasteiger partial charge in [0.15, 0.2) is 5.78 Å². The molecule has 3 rings (SSSR count). The summed E-state index contributed by atoms with van der Waals surface area (Å²) in [6.07, 6.45) is 4.92. The van der Waals surface area contributed by atoms with Crippen molar-refractivity contribution in [2.75, 3.05) is 0 Å². The smallest absolute Gasteiger partial charge is 0.154 e. The van der Waals surface area contributed by atoms with E-state index in [1.54, 1.807) is 0 Å². The van der Waals surface area contributed by atoms with Crippen molar-refractivity contribution in [2.45, 2.75) is 52.5 Å². The van der Waals surface area contributed by atoms with E-state index in [0.29, 0.717) is 5.41 Å². The molecule has 2 nitrogen and oxygen atoms in total.